The molecule has 1 aromatic heterocycles. The highest BCUT2D eigenvalue weighted by atomic mass is 16.2. The second-order valence-electron chi connectivity index (χ2n) is 16.9. The maximum absolute atomic E-state index is 14.4. The van der Waals surface area contributed by atoms with Crippen molar-refractivity contribution in [2.24, 2.45) is 11.7 Å². The summed E-state index contributed by atoms with van der Waals surface area (Å²) in [7, 11) is 0. The van der Waals surface area contributed by atoms with Crippen LogP contribution in [0.3, 0.4) is 0 Å². The average molecular weight is 883 g/mol. The van der Waals surface area contributed by atoms with Gasteiger partial charge in [-0.2, -0.15) is 0 Å². The van der Waals surface area contributed by atoms with Gasteiger partial charge in [0.25, 0.3) is 0 Å². The van der Waals surface area contributed by atoms with Crippen molar-refractivity contribution < 1.29 is 43.2 Å². The van der Waals surface area contributed by atoms with Gasteiger partial charge in [-0.25, -0.2) is 0 Å². The predicted octanol–water partition coefficient (Wildman–Crippen LogP) is -0.570. The molecule has 3 aromatic rings. The molecule has 3 saturated heterocycles. The van der Waals surface area contributed by atoms with Gasteiger partial charge in [0, 0.05) is 43.0 Å². The Bertz CT molecular complexity index is 2250. The lowest BCUT2D eigenvalue weighted by Crippen LogP contribution is -2.61. The number of carbonyl (C=O) groups is 9. The molecule has 3 aliphatic heterocycles. The minimum Gasteiger partial charge on any atom is -0.370 e. The van der Waals surface area contributed by atoms with E-state index in [4.69, 9.17) is 5.73 Å². The third kappa shape index (κ3) is 11.2. The van der Waals surface area contributed by atoms with Crippen LogP contribution in [0.1, 0.15) is 70.4 Å². The molecule has 9 amide bonds. The van der Waals surface area contributed by atoms with Crippen molar-refractivity contribution in [3.63, 3.8) is 0 Å². The highest BCUT2D eigenvalue weighted by Gasteiger charge is 2.42. The van der Waals surface area contributed by atoms with Gasteiger partial charge in [0.15, 0.2) is 0 Å². The Morgan fingerprint density at radius 3 is 1.92 bits per heavy atom. The first-order valence-corrected chi connectivity index (χ1v) is 21.9. The fourth-order valence-electron chi connectivity index (χ4n) is 8.64. The van der Waals surface area contributed by atoms with Crippen LogP contribution < -0.4 is 37.6 Å². The number of primary amides is 1. The Hall–Kier alpha value is -6.79. The van der Waals surface area contributed by atoms with Gasteiger partial charge in [0.2, 0.25) is 53.2 Å². The van der Waals surface area contributed by atoms with Crippen molar-refractivity contribution in [2.45, 2.75) is 114 Å². The van der Waals surface area contributed by atoms with Gasteiger partial charge in [0.1, 0.15) is 42.3 Å². The van der Waals surface area contributed by atoms with Crippen molar-refractivity contribution in [3.8, 4) is 0 Å². The molecule has 0 bridgehead atoms. The third-order valence-electron chi connectivity index (χ3n) is 12.3. The zero-order valence-electron chi connectivity index (χ0n) is 36.3. The molecule has 8 unspecified atom stereocenters. The number of aromatic nitrogens is 1. The normalized spacial score (nSPS) is 26.4. The van der Waals surface area contributed by atoms with Crippen LogP contribution >= 0.6 is 0 Å². The van der Waals surface area contributed by atoms with E-state index in [-0.39, 0.29) is 38.8 Å². The standard InChI is InChI=1S/C45H58N10O9/c1-4-25(2)38-43(62)48-24-37(57)49-26(3)44(63)54-18-10-16-34(54)41(60)51-32(21-28-23-47-30-15-9-8-14-29(28)30)39(58)52-33(22-36(46)56)45(64)55-19-11-17-35(55)42(61)50-31(40(59)53-38)20-27-12-6-5-7-13-27/h5-9,12-15,23,25-26,31-35,38,47H,4,10-11,16-22,24H2,1-3H3,(H2,46,56)(H,48,62)(H,49,57)(H,50,61)(H,51,60)(H,52,58)(H,53,59). The lowest BCUT2D eigenvalue weighted by molar-refractivity contribution is -0.144. The van der Waals surface area contributed by atoms with E-state index in [2.05, 4.69) is 36.9 Å². The van der Waals surface area contributed by atoms with Gasteiger partial charge in [-0.1, -0.05) is 68.8 Å². The Labute approximate surface area is 370 Å². The smallest absolute Gasteiger partial charge is 0.246 e. The van der Waals surface area contributed by atoms with Crippen molar-refractivity contribution >= 4 is 64.1 Å². The number of nitrogens with zero attached hydrogens (tertiary/aromatic N) is 2. The Morgan fingerprint density at radius 2 is 1.28 bits per heavy atom. The maximum atomic E-state index is 14.4. The molecule has 0 aliphatic carbocycles. The van der Waals surface area contributed by atoms with Crippen LogP contribution in [0.15, 0.2) is 60.8 Å². The van der Waals surface area contributed by atoms with Crippen LogP contribution in [0.25, 0.3) is 10.9 Å². The van der Waals surface area contributed by atoms with Crippen LogP contribution in [0.5, 0.6) is 0 Å². The summed E-state index contributed by atoms with van der Waals surface area (Å²) >= 11 is 0. The molecule has 4 heterocycles. The molecule has 19 heteroatoms. The summed E-state index contributed by atoms with van der Waals surface area (Å²) in [6, 6.07) is 7.76. The van der Waals surface area contributed by atoms with E-state index in [1.165, 1.54) is 16.7 Å². The molecule has 19 nitrogen and oxygen atoms in total. The van der Waals surface area contributed by atoms with Gasteiger partial charge in [-0.3, -0.25) is 43.2 Å². The summed E-state index contributed by atoms with van der Waals surface area (Å²) < 4.78 is 0. The number of amides is 9. The monoisotopic (exact) mass is 882 g/mol. The molecular formula is C45H58N10O9. The van der Waals surface area contributed by atoms with Crippen molar-refractivity contribution in [1.82, 2.24) is 46.7 Å². The summed E-state index contributed by atoms with van der Waals surface area (Å²) in [6.45, 7) is 4.78. The van der Waals surface area contributed by atoms with Crippen LogP contribution in [-0.2, 0) is 56.0 Å². The number of rotatable bonds is 8. The number of aromatic amines is 1. The van der Waals surface area contributed by atoms with Crippen LogP contribution in [0, 0.1) is 5.92 Å². The van der Waals surface area contributed by atoms with Gasteiger partial charge >= 0.3 is 0 Å². The lowest BCUT2D eigenvalue weighted by atomic mass is 9.97. The largest absolute Gasteiger partial charge is 0.370 e. The summed E-state index contributed by atoms with van der Waals surface area (Å²) in [6.07, 6.45) is 2.78. The number of nitrogens with two attached hydrogens (primary N) is 1. The number of benzene rings is 2. The number of H-pyrrole nitrogens is 1. The second-order valence-corrected chi connectivity index (χ2v) is 16.9. The predicted molar refractivity (Wildman–Crippen MR) is 233 cm³/mol. The SMILES string of the molecule is CCC(C)C1NC(=O)C(Cc2ccccc2)NC(=O)C2CCCN2C(=O)C(CC(N)=O)NC(=O)C(Cc2c[nH]c3ccccc23)NC(=O)C2CCCN2C(=O)C(C)NC(=O)CNC1=O. The molecule has 0 radical (unpaired) electrons. The summed E-state index contributed by atoms with van der Waals surface area (Å²) in [5, 5.41) is 16.9. The number of para-hydroxylation sites is 1. The van der Waals surface area contributed by atoms with E-state index in [0.717, 1.165) is 10.9 Å². The minimum absolute atomic E-state index is 0.0179. The fourth-order valence-corrected chi connectivity index (χ4v) is 8.64. The molecule has 64 heavy (non-hydrogen) atoms. The first-order chi connectivity index (χ1) is 30.6. The van der Waals surface area contributed by atoms with Crippen molar-refractivity contribution in [2.75, 3.05) is 19.6 Å². The zero-order valence-corrected chi connectivity index (χ0v) is 36.3. The maximum Gasteiger partial charge on any atom is 0.246 e. The van der Waals surface area contributed by atoms with Gasteiger partial charge in [-0.15, -0.1) is 0 Å². The molecule has 9 N–H and O–H groups in total. The summed E-state index contributed by atoms with van der Waals surface area (Å²) in [5.41, 5.74) is 7.75. The van der Waals surface area contributed by atoms with E-state index in [1.807, 2.05) is 31.2 Å². The van der Waals surface area contributed by atoms with Crippen LogP contribution in [-0.4, -0.2) is 130 Å². The number of fused-ring (bicyclic) bond motifs is 3. The Morgan fingerprint density at radius 1 is 0.703 bits per heavy atom. The van der Waals surface area contributed by atoms with E-state index in [0.29, 0.717) is 30.4 Å². The van der Waals surface area contributed by atoms with E-state index >= 15 is 0 Å². The minimum atomic E-state index is -1.54. The second kappa shape index (κ2) is 21.1. The van der Waals surface area contributed by atoms with E-state index in [1.54, 1.807) is 43.5 Å². The van der Waals surface area contributed by atoms with E-state index < -0.39 is 114 Å². The highest BCUT2D eigenvalue weighted by Crippen LogP contribution is 2.23. The first-order valence-electron chi connectivity index (χ1n) is 21.9. The number of nitrogens with one attached hydrogen (secondary N) is 7. The van der Waals surface area contributed by atoms with Crippen LogP contribution in [0.2, 0.25) is 0 Å². The highest BCUT2D eigenvalue weighted by molar-refractivity contribution is 6.00. The molecule has 0 spiro atoms. The molecule has 2 aromatic carbocycles. The fraction of sp³-hybridized carbons (Fsp3) is 0.489. The van der Waals surface area contributed by atoms with Crippen LogP contribution in [0.4, 0.5) is 0 Å². The first kappa shape index (κ1) is 46.7. The Balaban J connectivity index is 1.35. The summed E-state index contributed by atoms with van der Waals surface area (Å²) in [4.78, 5) is 130. The molecule has 342 valence electrons. The Kier molecular flexibility index (Phi) is 15.4. The summed E-state index contributed by atoms with van der Waals surface area (Å²) in [5.74, 6) is -6.83. The molecule has 3 aliphatic rings. The quantitative estimate of drug-likeness (QED) is 0.144. The zero-order chi connectivity index (χ0) is 46.1. The van der Waals surface area contributed by atoms with Gasteiger partial charge in [-0.05, 0) is 55.7 Å². The molecule has 0 saturated carbocycles. The molecular weight excluding hydrogens is 825 g/mol. The number of hydrogen-bond donors (Lipinski definition) is 8. The number of hydrogen-bond acceptors (Lipinski definition) is 9. The van der Waals surface area contributed by atoms with Gasteiger partial charge < -0.3 is 52.4 Å². The van der Waals surface area contributed by atoms with Crippen molar-refractivity contribution in [3.05, 3.63) is 71.9 Å². The number of carbonyl (C=O) groups excluding carboxylic acids is 9. The molecule has 6 rings (SSSR count). The topological polar surface area (TPSA) is 274 Å². The lowest BCUT2D eigenvalue weighted by Gasteiger charge is -2.31. The van der Waals surface area contributed by atoms with Gasteiger partial charge in [0.05, 0.1) is 13.0 Å². The molecule has 3 fully saturated rings. The van der Waals surface area contributed by atoms with E-state index in [9.17, 15) is 43.2 Å². The van der Waals surface area contributed by atoms with Crippen molar-refractivity contribution in [1.29, 1.82) is 0 Å². The third-order valence-corrected chi connectivity index (χ3v) is 12.3. The average Bonchev–Trinajstić information content (AvgIpc) is 4.07. The molecule has 8 atom stereocenters.